The molecule has 0 fully saturated rings. The Morgan fingerprint density at radius 2 is 2.27 bits per heavy atom. The van der Waals surface area contributed by atoms with Gasteiger partial charge in [0.15, 0.2) is 0 Å². The molecule has 2 aromatic rings. The van der Waals surface area contributed by atoms with Gasteiger partial charge in [0.25, 0.3) is 5.91 Å². The lowest BCUT2D eigenvalue weighted by Crippen LogP contribution is -2.31. The van der Waals surface area contributed by atoms with Gasteiger partial charge >= 0.3 is 0 Å². The van der Waals surface area contributed by atoms with Crippen molar-refractivity contribution >= 4 is 5.91 Å². The van der Waals surface area contributed by atoms with Crippen LogP contribution in [0.4, 0.5) is 0 Å². The van der Waals surface area contributed by atoms with Crippen molar-refractivity contribution in [2.24, 2.45) is 7.05 Å². The molecule has 1 atom stereocenters. The van der Waals surface area contributed by atoms with Crippen molar-refractivity contribution in [3.05, 3.63) is 47.3 Å². The van der Waals surface area contributed by atoms with E-state index in [1.54, 1.807) is 6.07 Å². The van der Waals surface area contributed by atoms with Crippen LogP contribution >= 0.6 is 0 Å². The maximum Gasteiger partial charge on any atom is 0.255 e. The zero-order valence-corrected chi connectivity index (χ0v) is 13.0. The molecule has 0 radical (unpaired) electrons. The van der Waals surface area contributed by atoms with Crippen molar-refractivity contribution in [2.45, 2.75) is 32.2 Å². The van der Waals surface area contributed by atoms with E-state index in [4.69, 9.17) is 4.74 Å². The van der Waals surface area contributed by atoms with Gasteiger partial charge in [-0.25, -0.2) is 0 Å². The maximum atomic E-state index is 12.6. The molecule has 1 heterocycles. The van der Waals surface area contributed by atoms with Gasteiger partial charge in [-0.1, -0.05) is 12.1 Å². The minimum atomic E-state index is -0.0919. The van der Waals surface area contributed by atoms with Crippen LogP contribution in [0.15, 0.2) is 30.5 Å². The van der Waals surface area contributed by atoms with E-state index in [0.717, 1.165) is 24.8 Å². The molecule has 0 spiro atoms. The molecular weight excluding hydrogens is 278 g/mol. The first-order valence-electron chi connectivity index (χ1n) is 7.74. The van der Waals surface area contributed by atoms with E-state index in [1.807, 2.05) is 43.0 Å². The second-order valence-electron chi connectivity index (χ2n) is 5.52. The molecule has 1 aliphatic carbocycles. The zero-order valence-electron chi connectivity index (χ0n) is 13.0. The van der Waals surface area contributed by atoms with Crippen molar-refractivity contribution in [3.8, 4) is 5.75 Å². The number of aromatic nitrogens is 2. The normalized spacial score (nSPS) is 16.9. The highest BCUT2D eigenvalue weighted by Gasteiger charge is 2.25. The van der Waals surface area contributed by atoms with E-state index >= 15 is 0 Å². The number of hydrogen-bond donors (Lipinski definition) is 1. The number of carbonyl (C=O) groups excluding carboxylic acids is 1. The van der Waals surface area contributed by atoms with Gasteiger partial charge < -0.3 is 10.1 Å². The van der Waals surface area contributed by atoms with Crippen LogP contribution in [0, 0.1) is 0 Å². The van der Waals surface area contributed by atoms with Crippen molar-refractivity contribution < 1.29 is 9.53 Å². The van der Waals surface area contributed by atoms with Crippen LogP contribution < -0.4 is 10.1 Å². The standard InChI is InChI=1S/C17H21N3O2/c1-3-22-16-10-5-4-7-12(16)17(21)19-14-8-6-9-15-13(14)11-18-20(15)2/h4-5,7,10-11,14H,3,6,8-9H2,1-2H3,(H,19,21)/t14-/m1/s1. The van der Waals surface area contributed by atoms with Gasteiger partial charge in [-0.05, 0) is 38.3 Å². The molecule has 0 saturated heterocycles. The van der Waals surface area contributed by atoms with E-state index in [2.05, 4.69) is 10.4 Å². The molecule has 3 rings (SSSR count). The molecule has 1 N–H and O–H groups in total. The number of carbonyl (C=O) groups is 1. The van der Waals surface area contributed by atoms with E-state index in [-0.39, 0.29) is 11.9 Å². The Balaban J connectivity index is 1.81. The Kier molecular flexibility index (Phi) is 4.13. The summed E-state index contributed by atoms with van der Waals surface area (Å²) in [5.41, 5.74) is 2.94. The number of ether oxygens (including phenoxy) is 1. The Morgan fingerprint density at radius 1 is 1.45 bits per heavy atom. The number of aryl methyl sites for hydroxylation is 1. The van der Waals surface area contributed by atoms with Crippen molar-refractivity contribution in [1.82, 2.24) is 15.1 Å². The van der Waals surface area contributed by atoms with Gasteiger partial charge in [-0.2, -0.15) is 5.10 Å². The second-order valence-corrected chi connectivity index (χ2v) is 5.52. The first kappa shape index (κ1) is 14.6. The third-order valence-electron chi connectivity index (χ3n) is 4.11. The van der Waals surface area contributed by atoms with E-state index in [9.17, 15) is 4.79 Å². The predicted octanol–water partition coefficient (Wildman–Crippen LogP) is 2.63. The van der Waals surface area contributed by atoms with Crippen molar-refractivity contribution in [2.75, 3.05) is 6.61 Å². The molecular formula is C17H21N3O2. The molecule has 116 valence electrons. The highest BCUT2D eigenvalue weighted by Crippen LogP contribution is 2.30. The summed E-state index contributed by atoms with van der Waals surface area (Å²) < 4.78 is 7.45. The molecule has 0 saturated carbocycles. The average molecular weight is 299 g/mol. The minimum Gasteiger partial charge on any atom is -0.493 e. The number of nitrogens with one attached hydrogen (secondary N) is 1. The molecule has 0 aliphatic heterocycles. The summed E-state index contributed by atoms with van der Waals surface area (Å²) in [5.74, 6) is 0.537. The monoisotopic (exact) mass is 299 g/mol. The van der Waals surface area contributed by atoms with Gasteiger partial charge in [0, 0.05) is 18.3 Å². The number of para-hydroxylation sites is 1. The maximum absolute atomic E-state index is 12.6. The molecule has 5 heteroatoms. The van der Waals surface area contributed by atoms with Crippen LogP contribution in [0.1, 0.15) is 47.4 Å². The fraction of sp³-hybridized carbons (Fsp3) is 0.412. The van der Waals surface area contributed by atoms with Crippen LogP contribution in [0.5, 0.6) is 5.75 Å². The number of amides is 1. The zero-order chi connectivity index (χ0) is 15.5. The molecule has 5 nitrogen and oxygen atoms in total. The molecule has 1 aromatic carbocycles. The van der Waals surface area contributed by atoms with Crippen molar-refractivity contribution in [3.63, 3.8) is 0 Å². The van der Waals surface area contributed by atoms with Crippen molar-refractivity contribution in [1.29, 1.82) is 0 Å². The number of rotatable bonds is 4. The molecule has 1 aromatic heterocycles. The van der Waals surface area contributed by atoms with Gasteiger partial charge in [-0.15, -0.1) is 0 Å². The summed E-state index contributed by atoms with van der Waals surface area (Å²) in [6.07, 6.45) is 4.90. The van der Waals surface area contributed by atoms with E-state index < -0.39 is 0 Å². The molecule has 0 bridgehead atoms. The Hall–Kier alpha value is -2.30. The predicted molar refractivity (Wildman–Crippen MR) is 84.0 cm³/mol. The van der Waals surface area contributed by atoms with Crippen LogP contribution in [0.3, 0.4) is 0 Å². The largest absolute Gasteiger partial charge is 0.493 e. The van der Waals surface area contributed by atoms with Gasteiger partial charge in [0.1, 0.15) is 5.75 Å². The van der Waals surface area contributed by atoms with Gasteiger partial charge in [0.05, 0.1) is 24.4 Å². The lowest BCUT2D eigenvalue weighted by molar-refractivity contribution is 0.0929. The van der Waals surface area contributed by atoms with Gasteiger partial charge in [0.2, 0.25) is 0 Å². The average Bonchev–Trinajstić information content (AvgIpc) is 2.91. The fourth-order valence-electron chi connectivity index (χ4n) is 3.03. The quantitative estimate of drug-likeness (QED) is 0.944. The molecule has 0 unspecified atom stereocenters. The summed E-state index contributed by atoms with van der Waals surface area (Å²) in [6.45, 7) is 2.46. The summed E-state index contributed by atoms with van der Waals surface area (Å²) in [7, 11) is 1.95. The summed E-state index contributed by atoms with van der Waals surface area (Å²) >= 11 is 0. The minimum absolute atomic E-state index is 0.0274. The topological polar surface area (TPSA) is 56.1 Å². The second kappa shape index (κ2) is 6.22. The number of hydrogen-bond acceptors (Lipinski definition) is 3. The van der Waals surface area contributed by atoms with Gasteiger partial charge in [-0.3, -0.25) is 9.48 Å². The Labute approximate surface area is 130 Å². The highest BCUT2D eigenvalue weighted by molar-refractivity contribution is 5.97. The number of nitrogens with zero attached hydrogens (tertiary/aromatic N) is 2. The number of benzene rings is 1. The lowest BCUT2D eigenvalue weighted by atomic mass is 9.92. The summed E-state index contributed by atoms with van der Waals surface area (Å²) in [6, 6.07) is 7.39. The highest BCUT2D eigenvalue weighted by atomic mass is 16.5. The van der Waals surface area contributed by atoms with Crippen LogP contribution in [0.2, 0.25) is 0 Å². The van der Waals surface area contributed by atoms with E-state index in [0.29, 0.717) is 17.9 Å². The molecule has 1 aliphatic rings. The summed E-state index contributed by atoms with van der Waals surface area (Å²) in [4.78, 5) is 12.6. The van der Waals surface area contributed by atoms with Crippen LogP contribution in [0.25, 0.3) is 0 Å². The molecule has 22 heavy (non-hydrogen) atoms. The third kappa shape index (κ3) is 2.71. The van der Waals surface area contributed by atoms with Crippen LogP contribution in [-0.2, 0) is 13.5 Å². The Morgan fingerprint density at radius 3 is 3.09 bits per heavy atom. The number of fused-ring (bicyclic) bond motifs is 1. The van der Waals surface area contributed by atoms with Crippen LogP contribution in [-0.4, -0.2) is 22.3 Å². The van der Waals surface area contributed by atoms with E-state index in [1.165, 1.54) is 5.69 Å². The first-order chi connectivity index (χ1) is 10.7. The SMILES string of the molecule is CCOc1ccccc1C(=O)N[C@@H]1CCCc2c1cnn2C. The first-order valence-corrected chi connectivity index (χ1v) is 7.74. The Bertz CT molecular complexity index is 678. The molecule has 1 amide bonds. The third-order valence-corrected chi connectivity index (χ3v) is 4.11. The summed E-state index contributed by atoms with van der Waals surface area (Å²) in [5, 5.41) is 7.45. The fourth-order valence-corrected chi connectivity index (χ4v) is 3.03. The lowest BCUT2D eigenvalue weighted by Gasteiger charge is -2.24. The smallest absolute Gasteiger partial charge is 0.255 e.